The van der Waals surface area contributed by atoms with Crippen LogP contribution in [0.25, 0.3) is 10.7 Å². The van der Waals surface area contributed by atoms with Crippen LogP contribution in [-0.2, 0) is 11.2 Å². The molecule has 0 bridgehead atoms. The molecule has 0 aromatic carbocycles. The molecule has 0 aliphatic carbocycles. The van der Waals surface area contributed by atoms with Gasteiger partial charge < -0.3 is 10.1 Å². The summed E-state index contributed by atoms with van der Waals surface area (Å²) in [7, 11) is 0. The van der Waals surface area contributed by atoms with Crippen molar-refractivity contribution in [1.82, 2.24) is 20.5 Å². The molecule has 3 heterocycles. The highest BCUT2D eigenvalue weighted by atomic mass is 32.1. The van der Waals surface area contributed by atoms with Crippen molar-refractivity contribution in [1.29, 1.82) is 0 Å². The van der Waals surface area contributed by atoms with Crippen LogP contribution in [0.1, 0.15) is 5.82 Å². The molecule has 0 amide bonds. The minimum atomic E-state index is 0.341. The number of thiophene rings is 1. The number of ether oxygens (including phenoxy) is 1. The maximum Gasteiger partial charge on any atom is 0.191 e. The summed E-state index contributed by atoms with van der Waals surface area (Å²) in [6.07, 6.45) is 0.832. The van der Waals surface area contributed by atoms with E-state index in [1.807, 2.05) is 17.5 Å². The van der Waals surface area contributed by atoms with Crippen LogP contribution in [0.3, 0.4) is 0 Å². The highest BCUT2D eigenvalue weighted by molar-refractivity contribution is 7.13. The molecule has 0 saturated carbocycles. The van der Waals surface area contributed by atoms with Crippen molar-refractivity contribution < 1.29 is 4.74 Å². The van der Waals surface area contributed by atoms with Crippen molar-refractivity contribution in [2.45, 2.75) is 12.5 Å². The fourth-order valence-electron chi connectivity index (χ4n) is 1.89. The van der Waals surface area contributed by atoms with E-state index in [0.717, 1.165) is 42.7 Å². The minimum Gasteiger partial charge on any atom is -0.379 e. The Labute approximate surface area is 103 Å². The average molecular weight is 250 g/mol. The number of hydrogen-bond donors (Lipinski definition) is 2. The lowest BCUT2D eigenvalue weighted by molar-refractivity contribution is 0.0764. The molecule has 2 N–H and O–H groups in total. The number of morpholine rings is 1. The SMILES string of the molecule is c1csc(-c2n[nH]c(CC3COCCN3)n2)c1. The molecular weight excluding hydrogens is 236 g/mol. The number of nitrogens with zero attached hydrogens (tertiary/aromatic N) is 2. The lowest BCUT2D eigenvalue weighted by Crippen LogP contribution is -2.42. The summed E-state index contributed by atoms with van der Waals surface area (Å²) < 4.78 is 5.41. The van der Waals surface area contributed by atoms with E-state index < -0.39 is 0 Å². The first-order valence-electron chi connectivity index (χ1n) is 5.68. The number of aromatic nitrogens is 3. The monoisotopic (exact) mass is 250 g/mol. The highest BCUT2D eigenvalue weighted by Crippen LogP contribution is 2.20. The molecule has 2 aromatic rings. The van der Waals surface area contributed by atoms with E-state index in [1.165, 1.54) is 0 Å². The van der Waals surface area contributed by atoms with Crippen LogP contribution in [0, 0.1) is 0 Å². The molecule has 1 aliphatic rings. The number of nitrogens with one attached hydrogen (secondary N) is 2. The van der Waals surface area contributed by atoms with Gasteiger partial charge in [-0.25, -0.2) is 4.98 Å². The molecule has 1 unspecified atom stereocenters. The summed E-state index contributed by atoms with van der Waals surface area (Å²) in [6, 6.07) is 4.37. The smallest absolute Gasteiger partial charge is 0.191 e. The first-order chi connectivity index (χ1) is 8.42. The number of H-pyrrole nitrogens is 1. The molecule has 1 aliphatic heterocycles. The molecule has 90 valence electrons. The second-order valence-corrected chi connectivity index (χ2v) is 4.96. The average Bonchev–Trinajstić information content (AvgIpc) is 3.00. The first-order valence-corrected chi connectivity index (χ1v) is 6.56. The van der Waals surface area contributed by atoms with Crippen molar-refractivity contribution in [3.8, 4) is 10.7 Å². The quantitative estimate of drug-likeness (QED) is 0.855. The highest BCUT2D eigenvalue weighted by Gasteiger charge is 2.16. The predicted octanol–water partition coefficient (Wildman–Crippen LogP) is 1.06. The summed E-state index contributed by atoms with van der Waals surface area (Å²) >= 11 is 1.65. The van der Waals surface area contributed by atoms with Gasteiger partial charge in [0.15, 0.2) is 5.82 Å². The van der Waals surface area contributed by atoms with E-state index in [1.54, 1.807) is 11.3 Å². The third-order valence-electron chi connectivity index (χ3n) is 2.71. The Morgan fingerprint density at radius 3 is 3.29 bits per heavy atom. The third kappa shape index (κ3) is 2.54. The summed E-state index contributed by atoms with van der Waals surface area (Å²) in [4.78, 5) is 5.59. The summed E-state index contributed by atoms with van der Waals surface area (Å²) in [5.41, 5.74) is 0. The number of aromatic amines is 1. The van der Waals surface area contributed by atoms with Gasteiger partial charge >= 0.3 is 0 Å². The number of rotatable bonds is 3. The van der Waals surface area contributed by atoms with E-state index in [4.69, 9.17) is 4.74 Å². The molecular formula is C11H14N4OS. The molecule has 0 radical (unpaired) electrons. The van der Waals surface area contributed by atoms with Gasteiger partial charge in [-0.15, -0.1) is 11.3 Å². The molecule has 5 nitrogen and oxygen atoms in total. The Morgan fingerprint density at radius 2 is 2.53 bits per heavy atom. The van der Waals surface area contributed by atoms with Gasteiger partial charge in [0, 0.05) is 19.0 Å². The number of hydrogen-bond acceptors (Lipinski definition) is 5. The fourth-order valence-corrected chi connectivity index (χ4v) is 2.54. The minimum absolute atomic E-state index is 0.341. The second-order valence-electron chi connectivity index (χ2n) is 4.01. The van der Waals surface area contributed by atoms with Crippen molar-refractivity contribution >= 4 is 11.3 Å². The Morgan fingerprint density at radius 1 is 1.53 bits per heavy atom. The van der Waals surface area contributed by atoms with Crippen LogP contribution >= 0.6 is 11.3 Å². The van der Waals surface area contributed by atoms with Gasteiger partial charge in [-0.05, 0) is 11.4 Å². The predicted molar refractivity (Wildman–Crippen MR) is 66.0 cm³/mol. The normalized spacial score (nSPS) is 20.6. The maximum atomic E-state index is 5.41. The van der Waals surface area contributed by atoms with Gasteiger partial charge in [0.25, 0.3) is 0 Å². The Balaban J connectivity index is 1.68. The van der Waals surface area contributed by atoms with Gasteiger partial charge in [-0.2, -0.15) is 5.10 Å². The molecule has 0 spiro atoms. The van der Waals surface area contributed by atoms with Gasteiger partial charge in [-0.1, -0.05) is 6.07 Å². The molecule has 1 saturated heterocycles. The summed E-state index contributed by atoms with van der Waals surface area (Å²) in [5, 5.41) is 12.7. The van der Waals surface area contributed by atoms with Crippen molar-refractivity contribution in [3.63, 3.8) is 0 Å². The zero-order valence-corrected chi connectivity index (χ0v) is 10.2. The lowest BCUT2D eigenvalue weighted by atomic mass is 10.2. The lowest BCUT2D eigenvalue weighted by Gasteiger charge is -2.22. The first kappa shape index (κ1) is 10.9. The summed E-state index contributed by atoms with van der Waals surface area (Å²) in [5.74, 6) is 1.70. The Kier molecular flexibility index (Phi) is 3.17. The van der Waals surface area contributed by atoms with Gasteiger partial charge in [0.2, 0.25) is 0 Å². The van der Waals surface area contributed by atoms with Gasteiger partial charge in [-0.3, -0.25) is 5.10 Å². The van der Waals surface area contributed by atoms with Crippen LogP contribution in [0.2, 0.25) is 0 Å². The van der Waals surface area contributed by atoms with Crippen LogP contribution in [-0.4, -0.2) is 41.0 Å². The standard InChI is InChI=1S/C11H14N4OS/c1-2-9(17-5-1)11-13-10(14-15-11)6-8-7-16-4-3-12-8/h1-2,5,8,12H,3-4,6-7H2,(H,13,14,15). The maximum absolute atomic E-state index is 5.41. The van der Waals surface area contributed by atoms with Gasteiger partial charge in [0.1, 0.15) is 5.82 Å². The van der Waals surface area contributed by atoms with E-state index in [9.17, 15) is 0 Å². The van der Waals surface area contributed by atoms with Crippen molar-refractivity contribution in [3.05, 3.63) is 23.3 Å². The fraction of sp³-hybridized carbons (Fsp3) is 0.455. The topological polar surface area (TPSA) is 62.8 Å². The van der Waals surface area contributed by atoms with Crippen LogP contribution < -0.4 is 5.32 Å². The van der Waals surface area contributed by atoms with E-state index in [-0.39, 0.29) is 0 Å². The van der Waals surface area contributed by atoms with Crippen molar-refractivity contribution in [2.75, 3.05) is 19.8 Å². The van der Waals surface area contributed by atoms with Crippen LogP contribution in [0.15, 0.2) is 17.5 Å². The van der Waals surface area contributed by atoms with Crippen LogP contribution in [0.4, 0.5) is 0 Å². The zero-order valence-electron chi connectivity index (χ0n) is 9.35. The largest absolute Gasteiger partial charge is 0.379 e. The van der Waals surface area contributed by atoms with Gasteiger partial charge in [0.05, 0.1) is 18.1 Å². The molecule has 6 heteroatoms. The Hall–Kier alpha value is -1.24. The Bertz CT molecular complexity index is 462. The van der Waals surface area contributed by atoms with E-state index in [2.05, 4.69) is 20.5 Å². The van der Waals surface area contributed by atoms with E-state index in [0.29, 0.717) is 6.04 Å². The summed E-state index contributed by atoms with van der Waals surface area (Å²) in [6.45, 7) is 2.46. The molecule has 3 rings (SSSR count). The molecule has 1 atom stereocenters. The molecule has 2 aromatic heterocycles. The van der Waals surface area contributed by atoms with Crippen molar-refractivity contribution in [2.24, 2.45) is 0 Å². The van der Waals surface area contributed by atoms with Crippen LogP contribution in [0.5, 0.6) is 0 Å². The van der Waals surface area contributed by atoms with E-state index >= 15 is 0 Å². The molecule has 17 heavy (non-hydrogen) atoms. The third-order valence-corrected chi connectivity index (χ3v) is 3.58. The zero-order chi connectivity index (χ0) is 11.5. The molecule has 1 fully saturated rings. The second kappa shape index (κ2) is 4.95.